The third kappa shape index (κ3) is 2.60. The van der Waals surface area contributed by atoms with Crippen molar-refractivity contribution in [2.45, 2.75) is 31.5 Å². The second kappa shape index (κ2) is 5.58. The second-order valence-electron chi connectivity index (χ2n) is 4.89. The van der Waals surface area contributed by atoms with Crippen molar-refractivity contribution in [1.82, 2.24) is 14.6 Å². The van der Waals surface area contributed by atoms with Crippen molar-refractivity contribution in [1.29, 1.82) is 0 Å². The van der Waals surface area contributed by atoms with Gasteiger partial charge in [0.25, 0.3) is 0 Å². The van der Waals surface area contributed by atoms with E-state index < -0.39 is 0 Å². The van der Waals surface area contributed by atoms with Crippen LogP contribution in [0.3, 0.4) is 0 Å². The molecule has 0 fully saturated rings. The number of hydrogen-bond acceptors (Lipinski definition) is 4. The van der Waals surface area contributed by atoms with Crippen molar-refractivity contribution in [3.8, 4) is 11.3 Å². The van der Waals surface area contributed by atoms with Gasteiger partial charge in [-0.1, -0.05) is 47.7 Å². The Hall–Kier alpha value is -1.33. The summed E-state index contributed by atoms with van der Waals surface area (Å²) >= 11 is 3.47. The van der Waals surface area contributed by atoms with E-state index in [-0.39, 0.29) is 0 Å². The third-order valence-electron chi connectivity index (χ3n) is 3.12. The van der Waals surface area contributed by atoms with Gasteiger partial charge in [0.1, 0.15) is 0 Å². The minimum atomic E-state index is 0.972. The van der Waals surface area contributed by atoms with Crippen molar-refractivity contribution in [3.63, 3.8) is 0 Å². The lowest BCUT2D eigenvalue weighted by atomic mass is 10.0. The van der Waals surface area contributed by atoms with Gasteiger partial charge in [0, 0.05) is 11.3 Å². The molecule has 0 saturated heterocycles. The van der Waals surface area contributed by atoms with Gasteiger partial charge in [0.05, 0.1) is 11.9 Å². The van der Waals surface area contributed by atoms with Crippen molar-refractivity contribution in [2.75, 3.05) is 5.75 Å². The van der Waals surface area contributed by atoms with Gasteiger partial charge in [-0.2, -0.15) is 0 Å². The molecule has 0 saturated carbocycles. The SMILES string of the molecule is CCCSc1nn2cc(-c3cc(C)ccc3C)nc2s1. The number of aromatic nitrogens is 3. The normalized spacial score (nSPS) is 11.3. The van der Waals surface area contributed by atoms with E-state index in [1.165, 1.54) is 23.1 Å². The summed E-state index contributed by atoms with van der Waals surface area (Å²) in [5, 5.41) is 4.58. The summed E-state index contributed by atoms with van der Waals surface area (Å²) < 4.78 is 3.00. The van der Waals surface area contributed by atoms with Crippen LogP contribution in [0.1, 0.15) is 24.5 Å². The summed E-state index contributed by atoms with van der Waals surface area (Å²) in [7, 11) is 0. The molecule has 0 aliphatic heterocycles. The van der Waals surface area contributed by atoms with Crippen LogP contribution in [0.25, 0.3) is 16.2 Å². The molecule has 3 rings (SSSR count). The molecule has 2 heterocycles. The van der Waals surface area contributed by atoms with E-state index >= 15 is 0 Å². The van der Waals surface area contributed by atoms with Crippen LogP contribution in [-0.2, 0) is 0 Å². The van der Waals surface area contributed by atoms with Crippen molar-refractivity contribution < 1.29 is 0 Å². The Bertz CT molecular complexity index is 711. The molecule has 20 heavy (non-hydrogen) atoms. The molecular formula is C15H17N3S2. The maximum Gasteiger partial charge on any atom is 0.213 e. The molecule has 0 aliphatic rings. The molecule has 0 radical (unpaired) electrons. The van der Waals surface area contributed by atoms with Gasteiger partial charge in [0.15, 0.2) is 4.34 Å². The summed E-state index contributed by atoms with van der Waals surface area (Å²) in [6.07, 6.45) is 3.20. The number of imidazole rings is 1. The highest BCUT2D eigenvalue weighted by molar-refractivity contribution is 8.01. The predicted molar refractivity (Wildman–Crippen MR) is 86.8 cm³/mol. The predicted octanol–water partition coefficient (Wildman–Crippen LogP) is 4.58. The lowest BCUT2D eigenvalue weighted by molar-refractivity contribution is 0.914. The fourth-order valence-corrected chi connectivity index (χ4v) is 3.92. The van der Waals surface area contributed by atoms with Crippen LogP contribution in [0, 0.1) is 13.8 Å². The third-order valence-corrected chi connectivity index (χ3v) is 5.39. The van der Waals surface area contributed by atoms with E-state index in [2.05, 4.69) is 44.1 Å². The number of thioether (sulfide) groups is 1. The molecule has 0 bridgehead atoms. The number of aryl methyl sites for hydroxylation is 2. The fourth-order valence-electron chi connectivity index (χ4n) is 2.07. The Morgan fingerprint density at radius 3 is 2.90 bits per heavy atom. The fraction of sp³-hybridized carbons (Fsp3) is 0.333. The molecule has 3 aromatic rings. The summed E-state index contributed by atoms with van der Waals surface area (Å²) in [6.45, 7) is 6.42. The van der Waals surface area contributed by atoms with E-state index in [1.807, 2.05) is 10.7 Å². The largest absolute Gasteiger partial charge is 0.217 e. The van der Waals surface area contributed by atoms with Gasteiger partial charge in [-0.3, -0.25) is 0 Å². The molecular weight excluding hydrogens is 286 g/mol. The summed E-state index contributed by atoms with van der Waals surface area (Å²) in [5.74, 6) is 1.11. The van der Waals surface area contributed by atoms with Crippen LogP contribution in [0.4, 0.5) is 0 Å². The highest BCUT2D eigenvalue weighted by Gasteiger charge is 2.11. The maximum absolute atomic E-state index is 4.72. The Kier molecular flexibility index (Phi) is 3.81. The van der Waals surface area contributed by atoms with Crippen LogP contribution in [0.5, 0.6) is 0 Å². The van der Waals surface area contributed by atoms with Crippen molar-refractivity contribution in [3.05, 3.63) is 35.5 Å². The van der Waals surface area contributed by atoms with E-state index in [0.717, 1.165) is 20.7 Å². The average Bonchev–Trinajstić information content (AvgIpc) is 2.97. The maximum atomic E-state index is 4.72. The van der Waals surface area contributed by atoms with Gasteiger partial charge in [-0.25, -0.2) is 9.50 Å². The molecule has 0 unspecified atom stereocenters. The van der Waals surface area contributed by atoms with E-state index in [1.54, 1.807) is 23.1 Å². The zero-order valence-corrected chi connectivity index (χ0v) is 13.5. The molecule has 5 heteroatoms. The Morgan fingerprint density at radius 2 is 2.15 bits per heavy atom. The monoisotopic (exact) mass is 303 g/mol. The highest BCUT2D eigenvalue weighted by atomic mass is 32.2. The molecule has 1 aromatic carbocycles. The lowest BCUT2D eigenvalue weighted by Crippen LogP contribution is -1.85. The molecule has 0 spiro atoms. The number of rotatable bonds is 4. The van der Waals surface area contributed by atoms with Crippen LogP contribution < -0.4 is 0 Å². The summed E-state index contributed by atoms with van der Waals surface area (Å²) in [4.78, 5) is 5.69. The second-order valence-corrected chi connectivity index (χ2v) is 7.19. The topological polar surface area (TPSA) is 30.2 Å². The first-order valence-corrected chi connectivity index (χ1v) is 8.54. The number of hydrogen-bond donors (Lipinski definition) is 0. The summed E-state index contributed by atoms with van der Waals surface area (Å²) in [6, 6.07) is 6.47. The average molecular weight is 303 g/mol. The number of fused-ring (bicyclic) bond motifs is 1. The first kappa shape index (κ1) is 13.6. The zero-order valence-electron chi connectivity index (χ0n) is 11.9. The lowest BCUT2D eigenvalue weighted by Gasteiger charge is -2.03. The first-order chi connectivity index (χ1) is 9.67. The summed E-state index contributed by atoms with van der Waals surface area (Å²) in [5.41, 5.74) is 4.72. The van der Waals surface area contributed by atoms with Gasteiger partial charge in [0.2, 0.25) is 4.96 Å². The van der Waals surface area contributed by atoms with Crippen LogP contribution >= 0.6 is 23.1 Å². The smallest absolute Gasteiger partial charge is 0.213 e. The van der Waals surface area contributed by atoms with Gasteiger partial charge in [-0.15, -0.1) is 5.10 Å². The highest BCUT2D eigenvalue weighted by Crippen LogP contribution is 2.29. The number of benzene rings is 1. The molecule has 3 nitrogen and oxygen atoms in total. The quantitative estimate of drug-likeness (QED) is 0.661. The Balaban J connectivity index is 1.97. The molecule has 0 atom stereocenters. The van der Waals surface area contributed by atoms with Crippen molar-refractivity contribution in [2.24, 2.45) is 0 Å². The van der Waals surface area contributed by atoms with Gasteiger partial charge < -0.3 is 0 Å². The zero-order chi connectivity index (χ0) is 14.1. The first-order valence-electron chi connectivity index (χ1n) is 6.74. The molecule has 104 valence electrons. The molecule has 0 amide bonds. The Labute approximate surface area is 127 Å². The van der Waals surface area contributed by atoms with Crippen LogP contribution in [0.15, 0.2) is 28.7 Å². The molecule has 2 aromatic heterocycles. The minimum absolute atomic E-state index is 0.972. The molecule has 0 N–H and O–H groups in total. The van der Waals surface area contributed by atoms with Gasteiger partial charge >= 0.3 is 0 Å². The Morgan fingerprint density at radius 1 is 1.30 bits per heavy atom. The van der Waals surface area contributed by atoms with E-state index in [4.69, 9.17) is 4.98 Å². The van der Waals surface area contributed by atoms with E-state index in [9.17, 15) is 0 Å². The van der Waals surface area contributed by atoms with Crippen molar-refractivity contribution >= 4 is 28.1 Å². The minimum Gasteiger partial charge on any atom is -0.217 e. The van der Waals surface area contributed by atoms with E-state index in [0.29, 0.717) is 0 Å². The van der Waals surface area contributed by atoms with Gasteiger partial charge in [-0.05, 0) is 31.9 Å². The van der Waals surface area contributed by atoms with Crippen LogP contribution in [-0.4, -0.2) is 20.4 Å². The molecule has 0 aliphatic carbocycles. The number of nitrogens with zero attached hydrogens (tertiary/aromatic N) is 3. The standard InChI is InChI=1S/C15H17N3S2/c1-4-7-19-15-17-18-9-13(16-14(18)20-15)12-8-10(2)5-6-11(12)3/h5-6,8-9H,4,7H2,1-3H3. The van der Waals surface area contributed by atoms with Crippen LogP contribution in [0.2, 0.25) is 0 Å².